The topological polar surface area (TPSA) is 38.5 Å². The van der Waals surface area contributed by atoms with E-state index in [1.54, 1.807) is 7.11 Å². The Morgan fingerprint density at radius 2 is 2.24 bits per heavy atom. The number of hydrogen-bond acceptors (Lipinski definition) is 3. The summed E-state index contributed by atoms with van der Waals surface area (Å²) in [6, 6.07) is 6.26. The van der Waals surface area contributed by atoms with Crippen molar-refractivity contribution in [1.82, 2.24) is 0 Å². The molecule has 0 bridgehead atoms. The number of nitrogens with zero attached hydrogens (tertiary/aromatic N) is 1. The maximum Gasteiger partial charge on any atom is 0.0462 e. The molecule has 17 heavy (non-hydrogen) atoms. The fourth-order valence-electron chi connectivity index (χ4n) is 2.51. The highest BCUT2D eigenvalue weighted by Gasteiger charge is 2.17. The summed E-state index contributed by atoms with van der Waals surface area (Å²) in [5, 5.41) is 0. The molecule has 0 spiro atoms. The third kappa shape index (κ3) is 2.91. The van der Waals surface area contributed by atoms with Crippen LogP contribution in [0.5, 0.6) is 0 Å². The van der Waals surface area contributed by atoms with E-state index in [0.717, 1.165) is 38.2 Å². The highest BCUT2D eigenvalue weighted by molar-refractivity contribution is 5.66. The molecule has 2 N–H and O–H groups in total. The molecule has 1 aliphatic rings. The van der Waals surface area contributed by atoms with Crippen molar-refractivity contribution in [3.63, 3.8) is 0 Å². The second-order valence-corrected chi connectivity index (χ2v) is 4.64. The van der Waals surface area contributed by atoms with Crippen LogP contribution in [0, 0.1) is 0 Å². The van der Waals surface area contributed by atoms with E-state index in [4.69, 9.17) is 10.5 Å². The number of anilines is 2. The molecular weight excluding hydrogens is 212 g/mol. The summed E-state index contributed by atoms with van der Waals surface area (Å²) in [4.78, 5) is 2.46. The average molecular weight is 234 g/mol. The maximum atomic E-state index is 6.03. The van der Waals surface area contributed by atoms with Gasteiger partial charge in [0.05, 0.1) is 0 Å². The van der Waals surface area contributed by atoms with Crippen molar-refractivity contribution in [2.24, 2.45) is 0 Å². The fourth-order valence-corrected chi connectivity index (χ4v) is 2.51. The van der Waals surface area contributed by atoms with Gasteiger partial charge < -0.3 is 15.4 Å². The molecule has 0 saturated carbocycles. The van der Waals surface area contributed by atoms with E-state index in [1.165, 1.54) is 24.1 Å². The van der Waals surface area contributed by atoms with E-state index in [9.17, 15) is 0 Å². The van der Waals surface area contributed by atoms with E-state index in [0.29, 0.717) is 0 Å². The zero-order valence-corrected chi connectivity index (χ0v) is 10.6. The third-order valence-corrected chi connectivity index (χ3v) is 3.41. The molecular formula is C14H22N2O. The van der Waals surface area contributed by atoms with E-state index >= 15 is 0 Å². The standard InChI is InChI=1S/C14H22N2O/c1-17-11-3-2-9-16-10-5-6-12-13(15)7-4-8-14(12)16/h4,7-8H,2-3,5-6,9-11,15H2,1H3. The van der Waals surface area contributed by atoms with E-state index in [2.05, 4.69) is 17.0 Å². The van der Waals surface area contributed by atoms with Crippen molar-refractivity contribution in [2.45, 2.75) is 25.7 Å². The summed E-state index contributed by atoms with van der Waals surface area (Å²) in [7, 11) is 1.76. The molecule has 0 saturated heterocycles. The zero-order valence-electron chi connectivity index (χ0n) is 10.6. The van der Waals surface area contributed by atoms with Crippen molar-refractivity contribution >= 4 is 11.4 Å². The molecule has 94 valence electrons. The van der Waals surface area contributed by atoms with E-state index < -0.39 is 0 Å². The van der Waals surface area contributed by atoms with Crippen LogP contribution in [-0.2, 0) is 11.2 Å². The van der Waals surface area contributed by atoms with Crippen LogP contribution in [-0.4, -0.2) is 26.8 Å². The number of ether oxygens (including phenoxy) is 1. The highest BCUT2D eigenvalue weighted by Crippen LogP contribution is 2.31. The second-order valence-electron chi connectivity index (χ2n) is 4.64. The van der Waals surface area contributed by atoms with Crippen molar-refractivity contribution in [3.05, 3.63) is 23.8 Å². The number of rotatable bonds is 5. The Morgan fingerprint density at radius 3 is 3.06 bits per heavy atom. The first kappa shape index (κ1) is 12.2. The normalized spacial score (nSPS) is 14.8. The summed E-state index contributed by atoms with van der Waals surface area (Å²) < 4.78 is 5.08. The number of nitrogen functional groups attached to an aromatic ring is 1. The number of fused-ring (bicyclic) bond motifs is 1. The molecule has 0 aliphatic carbocycles. The Labute approximate surface area is 104 Å². The fraction of sp³-hybridized carbons (Fsp3) is 0.571. The lowest BCUT2D eigenvalue weighted by Crippen LogP contribution is -2.30. The number of nitrogens with two attached hydrogens (primary N) is 1. The molecule has 0 amide bonds. The molecule has 1 aromatic carbocycles. The minimum absolute atomic E-state index is 0.859. The van der Waals surface area contributed by atoms with Gasteiger partial charge in [-0.15, -0.1) is 0 Å². The number of unbranched alkanes of at least 4 members (excludes halogenated alkanes) is 1. The number of methoxy groups -OCH3 is 1. The van der Waals surface area contributed by atoms with Gasteiger partial charge >= 0.3 is 0 Å². The molecule has 1 aromatic rings. The first-order chi connectivity index (χ1) is 8.33. The summed E-state index contributed by atoms with van der Waals surface area (Å²) >= 11 is 0. The van der Waals surface area contributed by atoms with Gasteiger partial charge in [0, 0.05) is 38.2 Å². The van der Waals surface area contributed by atoms with Gasteiger partial charge in [0.2, 0.25) is 0 Å². The molecule has 0 unspecified atom stereocenters. The lowest BCUT2D eigenvalue weighted by atomic mass is 9.99. The molecule has 3 nitrogen and oxygen atoms in total. The second kappa shape index (κ2) is 5.92. The number of benzene rings is 1. The van der Waals surface area contributed by atoms with Crippen LogP contribution in [0.3, 0.4) is 0 Å². The Hall–Kier alpha value is -1.22. The molecule has 0 aromatic heterocycles. The van der Waals surface area contributed by atoms with Crippen molar-refractivity contribution in [2.75, 3.05) is 37.4 Å². The monoisotopic (exact) mass is 234 g/mol. The minimum Gasteiger partial charge on any atom is -0.398 e. The molecule has 2 rings (SSSR count). The average Bonchev–Trinajstić information content (AvgIpc) is 2.36. The molecule has 0 atom stereocenters. The van der Waals surface area contributed by atoms with Crippen LogP contribution in [0.1, 0.15) is 24.8 Å². The molecule has 1 aliphatic heterocycles. The molecule has 1 heterocycles. The minimum atomic E-state index is 0.859. The first-order valence-electron chi connectivity index (χ1n) is 6.44. The van der Waals surface area contributed by atoms with Gasteiger partial charge in [0.15, 0.2) is 0 Å². The van der Waals surface area contributed by atoms with Crippen molar-refractivity contribution < 1.29 is 4.74 Å². The van der Waals surface area contributed by atoms with Gasteiger partial charge in [-0.25, -0.2) is 0 Å². The largest absolute Gasteiger partial charge is 0.398 e. The van der Waals surface area contributed by atoms with Crippen LogP contribution in [0.4, 0.5) is 11.4 Å². The van der Waals surface area contributed by atoms with Crippen molar-refractivity contribution in [3.8, 4) is 0 Å². The first-order valence-corrected chi connectivity index (χ1v) is 6.44. The smallest absolute Gasteiger partial charge is 0.0462 e. The number of hydrogen-bond donors (Lipinski definition) is 1. The van der Waals surface area contributed by atoms with Gasteiger partial charge in [-0.2, -0.15) is 0 Å². The van der Waals surface area contributed by atoms with Crippen LogP contribution in [0.2, 0.25) is 0 Å². The van der Waals surface area contributed by atoms with E-state index in [1.807, 2.05) is 6.07 Å². The Morgan fingerprint density at radius 1 is 1.35 bits per heavy atom. The van der Waals surface area contributed by atoms with Gasteiger partial charge in [0.1, 0.15) is 0 Å². The Kier molecular flexibility index (Phi) is 4.26. The Balaban J connectivity index is 1.99. The highest BCUT2D eigenvalue weighted by atomic mass is 16.5. The summed E-state index contributed by atoms with van der Waals surface area (Å²) in [6.45, 7) is 3.13. The quantitative estimate of drug-likeness (QED) is 0.628. The predicted octanol–water partition coefficient (Wildman–Crippen LogP) is 2.45. The SMILES string of the molecule is COCCCCN1CCCc2c(N)cccc21. The Bertz CT molecular complexity index is 365. The molecule has 3 heteroatoms. The molecule has 0 radical (unpaired) electrons. The van der Waals surface area contributed by atoms with Gasteiger partial charge in [0.25, 0.3) is 0 Å². The third-order valence-electron chi connectivity index (χ3n) is 3.41. The lowest BCUT2D eigenvalue weighted by Gasteiger charge is -2.32. The maximum absolute atomic E-state index is 6.03. The van der Waals surface area contributed by atoms with Crippen LogP contribution < -0.4 is 10.6 Å². The lowest BCUT2D eigenvalue weighted by molar-refractivity contribution is 0.193. The summed E-state index contributed by atoms with van der Waals surface area (Å²) in [5.74, 6) is 0. The predicted molar refractivity (Wildman–Crippen MR) is 72.5 cm³/mol. The van der Waals surface area contributed by atoms with Crippen LogP contribution >= 0.6 is 0 Å². The van der Waals surface area contributed by atoms with Gasteiger partial charge in [-0.1, -0.05) is 6.07 Å². The van der Waals surface area contributed by atoms with Crippen LogP contribution in [0.15, 0.2) is 18.2 Å². The zero-order chi connectivity index (χ0) is 12.1. The molecule has 0 fully saturated rings. The summed E-state index contributed by atoms with van der Waals surface area (Å²) in [5.41, 5.74) is 9.66. The van der Waals surface area contributed by atoms with Gasteiger partial charge in [-0.05, 0) is 43.4 Å². The van der Waals surface area contributed by atoms with Crippen LogP contribution in [0.25, 0.3) is 0 Å². The van der Waals surface area contributed by atoms with E-state index in [-0.39, 0.29) is 0 Å². The van der Waals surface area contributed by atoms with Crippen molar-refractivity contribution in [1.29, 1.82) is 0 Å². The van der Waals surface area contributed by atoms with Gasteiger partial charge in [-0.3, -0.25) is 0 Å². The summed E-state index contributed by atoms with van der Waals surface area (Å²) in [6.07, 6.45) is 4.65.